The van der Waals surface area contributed by atoms with Crippen LogP contribution in [0.3, 0.4) is 0 Å². The summed E-state index contributed by atoms with van der Waals surface area (Å²) in [6.45, 7) is 11.3. The SMILES string of the molecule is Cc1ccc(C(=O)OCC(=O)N2C[C@]3(C)C[C@H]2CC(C)(C)C3)c(C)c1. The number of nitrogens with zero attached hydrogens (tertiary/aromatic N) is 1. The van der Waals surface area contributed by atoms with Gasteiger partial charge in [-0.05, 0) is 55.6 Å². The Balaban J connectivity index is 1.62. The third kappa shape index (κ3) is 3.73. The number of carbonyl (C=O) groups excluding carboxylic acids is 2. The van der Waals surface area contributed by atoms with Crippen molar-refractivity contribution in [3.63, 3.8) is 0 Å². The van der Waals surface area contributed by atoms with Gasteiger partial charge in [0, 0.05) is 12.6 Å². The molecule has 2 atom stereocenters. The van der Waals surface area contributed by atoms with Crippen LogP contribution >= 0.6 is 0 Å². The summed E-state index contributed by atoms with van der Waals surface area (Å²) in [5.41, 5.74) is 2.97. The summed E-state index contributed by atoms with van der Waals surface area (Å²) in [7, 11) is 0. The first-order valence-electron chi connectivity index (χ1n) is 9.12. The van der Waals surface area contributed by atoms with Gasteiger partial charge in [0.15, 0.2) is 6.61 Å². The lowest BCUT2D eigenvalue weighted by Crippen LogP contribution is -2.39. The molecule has 25 heavy (non-hydrogen) atoms. The quantitative estimate of drug-likeness (QED) is 0.782. The van der Waals surface area contributed by atoms with Crippen molar-refractivity contribution in [2.24, 2.45) is 10.8 Å². The molecule has 1 aromatic rings. The highest BCUT2D eigenvalue weighted by Crippen LogP contribution is 2.52. The van der Waals surface area contributed by atoms with Crippen molar-refractivity contribution in [2.45, 2.75) is 59.9 Å². The van der Waals surface area contributed by atoms with Crippen molar-refractivity contribution in [2.75, 3.05) is 13.2 Å². The van der Waals surface area contributed by atoms with Gasteiger partial charge in [-0.15, -0.1) is 0 Å². The first-order valence-corrected chi connectivity index (χ1v) is 9.12. The highest BCUT2D eigenvalue weighted by atomic mass is 16.5. The molecule has 0 aromatic heterocycles. The molecule has 136 valence electrons. The number of fused-ring (bicyclic) bond motifs is 2. The van der Waals surface area contributed by atoms with E-state index in [0.29, 0.717) is 5.56 Å². The summed E-state index contributed by atoms with van der Waals surface area (Å²) in [6, 6.07) is 5.88. The van der Waals surface area contributed by atoms with E-state index in [1.54, 1.807) is 6.07 Å². The number of hydrogen-bond acceptors (Lipinski definition) is 3. The van der Waals surface area contributed by atoms with Crippen LogP contribution in [-0.2, 0) is 9.53 Å². The zero-order chi connectivity index (χ0) is 18.4. The number of esters is 1. The van der Waals surface area contributed by atoms with E-state index >= 15 is 0 Å². The molecule has 1 saturated heterocycles. The van der Waals surface area contributed by atoms with Crippen molar-refractivity contribution >= 4 is 11.9 Å². The summed E-state index contributed by atoms with van der Waals surface area (Å²) in [5.74, 6) is -0.482. The van der Waals surface area contributed by atoms with Crippen molar-refractivity contribution in [3.8, 4) is 0 Å². The van der Waals surface area contributed by atoms with Gasteiger partial charge in [-0.1, -0.05) is 38.5 Å². The molecule has 1 amide bonds. The van der Waals surface area contributed by atoms with Crippen LogP contribution in [0.5, 0.6) is 0 Å². The normalized spacial score (nSPS) is 27.2. The fraction of sp³-hybridized carbons (Fsp3) is 0.619. The predicted octanol–water partition coefficient (Wildman–Crippen LogP) is 3.89. The minimum Gasteiger partial charge on any atom is -0.452 e. The Morgan fingerprint density at radius 3 is 2.60 bits per heavy atom. The van der Waals surface area contributed by atoms with E-state index in [0.717, 1.165) is 36.9 Å². The molecule has 1 aliphatic carbocycles. The first kappa shape index (κ1) is 18.0. The number of ether oxygens (including phenoxy) is 1. The molecule has 4 heteroatoms. The van der Waals surface area contributed by atoms with Crippen molar-refractivity contribution in [1.29, 1.82) is 0 Å². The van der Waals surface area contributed by atoms with Gasteiger partial charge < -0.3 is 9.64 Å². The number of aryl methyl sites for hydroxylation is 2. The lowest BCUT2D eigenvalue weighted by atomic mass is 9.65. The first-order chi connectivity index (χ1) is 11.6. The summed E-state index contributed by atoms with van der Waals surface area (Å²) >= 11 is 0. The van der Waals surface area contributed by atoms with Gasteiger partial charge in [0.25, 0.3) is 5.91 Å². The molecule has 2 aliphatic rings. The highest BCUT2D eigenvalue weighted by Gasteiger charge is 2.50. The van der Waals surface area contributed by atoms with Gasteiger partial charge in [-0.25, -0.2) is 4.79 Å². The Labute approximate surface area is 150 Å². The molecule has 2 bridgehead atoms. The zero-order valence-electron chi connectivity index (χ0n) is 16.0. The maximum atomic E-state index is 12.7. The number of rotatable bonds is 3. The lowest BCUT2D eigenvalue weighted by Gasteiger charge is -2.39. The van der Waals surface area contributed by atoms with E-state index in [1.807, 2.05) is 30.9 Å². The number of hydrogen-bond donors (Lipinski definition) is 0. The smallest absolute Gasteiger partial charge is 0.338 e. The summed E-state index contributed by atoms with van der Waals surface area (Å²) in [6.07, 6.45) is 3.23. The lowest BCUT2D eigenvalue weighted by molar-refractivity contribution is -0.135. The van der Waals surface area contributed by atoms with Crippen LogP contribution in [-0.4, -0.2) is 36.0 Å². The largest absolute Gasteiger partial charge is 0.452 e. The average molecular weight is 343 g/mol. The fourth-order valence-corrected chi connectivity index (χ4v) is 5.08. The number of carbonyl (C=O) groups is 2. The molecule has 1 saturated carbocycles. The minimum atomic E-state index is -0.417. The van der Waals surface area contributed by atoms with Crippen LogP contribution in [0.2, 0.25) is 0 Å². The van der Waals surface area contributed by atoms with Crippen LogP contribution in [0.1, 0.15) is 61.5 Å². The van der Waals surface area contributed by atoms with Gasteiger partial charge >= 0.3 is 5.97 Å². The maximum absolute atomic E-state index is 12.7. The Morgan fingerprint density at radius 2 is 1.92 bits per heavy atom. The van der Waals surface area contributed by atoms with E-state index in [1.165, 1.54) is 0 Å². The number of likely N-dealkylation sites (tertiary alicyclic amines) is 1. The van der Waals surface area contributed by atoms with Crippen LogP contribution in [0, 0.1) is 24.7 Å². The third-order valence-electron chi connectivity index (χ3n) is 5.66. The second-order valence-corrected chi connectivity index (χ2v) is 9.13. The van der Waals surface area contributed by atoms with E-state index in [2.05, 4.69) is 20.8 Å². The molecule has 1 aliphatic heterocycles. The molecular formula is C21H29NO3. The fourth-order valence-electron chi connectivity index (χ4n) is 5.08. The van der Waals surface area contributed by atoms with Crippen molar-refractivity contribution in [1.82, 2.24) is 4.90 Å². The molecule has 0 radical (unpaired) electrons. The molecular weight excluding hydrogens is 314 g/mol. The number of amides is 1. The van der Waals surface area contributed by atoms with Gasteiger partial charge in [0.05, 0.1) is 5.56 Å². The second kappa shape index (κ2) is 6.15. The Hall–Kier alpha value is -1.84. The third-order valence-corrected chi connectivity index (χ3v) is 5.66. The molecule has 4 nitrogen and oxygen atoms in total. The Bertz CT molecular complexity index is 709. The van der Waals surface area contributed by atoms with Crippen LogP contribution in [0.4, 0.5) is 0 Å². The molecule has 3 rings (SSSR count). The summed E-state index contributed by atoms with van der Waals surface area (Å²) in [4.78, 5) is 26.9. The van der Waals surface area contributed by atoms with Gasteiger partial charge in [-0.2, -0.15) is 0 Å². The molecule has 0 spiro atoms. The standard InChI is InChI=1S/C21H29NO3/c1-14-6-7-17(15(2)8-14)19(24)25-11-18(23)22-13-21(5)10-16(22)9-20(3,4)12-21/h6-8,16H,9-13H2,1-5H3/t16-,21-/m1/s1. The van der Waals surface area contributed by atoms with Crippen LogP contribution < -0.4 is 0 Å². The molecule has 1 aromatic carbocycles. The molecule has 0 N–H and O–H groups in total. The zero-order valence-corrected chi connectivity index (χ0v) is 16.0. The topological polar surface area (TPSA) is 46.6 Å². The van der Waals surface area contributed by atoms with Crippen molar-refractivity contribution < 1.29 is 14.3 Å². The van der Waals surface area contributed by atoms with Gasteiger partial charge in [-0.3, -0.25) is 4.79 Å². The van der Waals surface area contributed by atoms with Crippen LogP contribution in [0.25, 0.3) is 0 Å². The summed E-state index contributed by atoms with van der Waals surface area (Å²) in [5, 5.41) is 0. The number of benzene rings is 1. The minimum absolute atomic E-state index is 0.0652. The molecule has 2 fully saturated rings. The van der Waals surface area contributed by atoms with Crippen molar-refractivity contribution in [3.05, 3.63) is 34.9 Å². The van der Waals surface area contributed by atoms with E-state index in [-0.39, 0.29) is 29.4 Å². The van der Waals surface area contributed by atoms with E-state index in [4.69, 9.17) is 4.74 Å². The Morgan fingerprint density at radius 1 is 1.20 bits per heavy atom. The average Bonchev–Trinajstić information content (AvgIpc) is 2.73. The van der Waals surface area contributed by atoms with Crippen LogP contribution in [0.15, 0.2) is 18.2 Å². The monoisotopic (exact) mass is 343 g/mol. The molecule has 0 unspecified atom stereocenters. The summed E-state index contributed by atoms with van der Waals surface area (Å²) < 4.78 is 5.33. The van der Waals surface area contributed by atoms with Gasteiger partial charge in [0.1, 0.15) is 0 Å². The molecule has 1 heterocycles. The van der Waals surface area contributed by atoms with E-state index < -0.39 is 5.97 Å². The Kier molecular flexibility index (Phi) is 4.42. The predicted molar refractivity (Wildman–Crippen MR) is 97.4 cm³/mol. The van der Waals surface area contributed by atoms with E-state index in [9.17, 15) is 9.59 Å². The second-order valence-electron chi connectivity index (χ2n) is 9.13. The highest BCUT2D eigenvalue weighted by molar-refractivity contribution is 5.92. The maximum Gasteiger partial charge on any atom is 0.338 e. The van der Waals surface area contributed by atoms with Gasteiger partial charge in [0.2, 0.25) is 0 Å².